The maximum Gasteiger partial charge on any atom is 0.185 e. The summed E-state index contributed by atoms with van der Waals surface area (Å²) in [5.74, 6) is 0.923. The average Bonchev–Trinajstić information content (AvgIpc) is 2.69. The number of halogens is 1. The lowest BCUT2D eigenvalue weighted by Gasteiger charge is -2.30. The summed E-state index contributed by atoms with van der Waals surface area (Å²) in [6, 6.07) is 8.14. The van der Waals surface area contributed by atoms with Gasteiger partial charge in [0, 0.05) is 24.3 Å². The van der Waals surface area contributed by atoms with Gasteiger partial charge >= 0.3 is 0 Å². The number of nitrogens with zero attached hydrogens (tertiary/aromatic N) is 3. The maximum atomic E-state index is 14.6. The molecule has 0 unspecified atom stereocenters. The van der Waals surface area contributed by atoms with Crippen molar-refractivity contribution in [3.63, 3.8) is 0 Å². The van der Waals surface area contributed by atoms with E-state index in [1.165, 1.54) is 17.8 Å². The molecule has 0 fully saturated rings. The minimum atomic E-state index is -0.720. The summed E-state index contributed by atoms with van der Waals surface area (Å²) in [6.07, 6.45) is 2.37. The lowest BCUT2D eigenvalue weighted by atomic mass is 9.87. The molecule has 3 rings (SSSR count). The van der Waals surface area contributed by atoms with Crippen molar-refractivity contribution in [2.24, 2.45) is 10.7 Å². The van der Waals surface area contributed by atoms with Crippen LogP contribution < -0.4 is 10.5 Å². The molecule has 1 aromatic heterocycles. The SMILES string of the molecule is CN(C)CCOc1ccc(C(=O)Cc2ccc(F)c([C@]3(C)CCSC(N)=N3)c2)nc1. The highest BCUT2D eigenvalue weighted by Crippen LogP contribution is 2.36. The largest absolute Gasteiger partial charge is 0.491 e. The molecule has 0 amide bonds. The van der Waals surface area contributed by atoms with Gasteiger partial charge < -0.3 is 15.4 Å². The molecular formula is C22H27FN4O2S. The molecule has 2 N–H and O–H groups in total. The second-order valence-electron chi connectivity index (χ2n) is 7.77. The molecule has 1 atom stereocenters. The number of ether oxygens (including phenoxy) is 1. The van der Waals surface area contributed by atoms with Crippen LogP contribution >= 0.6 is 11.8 Å². The van der Waals surface area contributed by atoms with Crippen LogP contribution in [0.1, 0.15) is 35.0 Å². The van der Waals surface area contributed by atoms with Gasteiger partial charge in [-0.3, -0.25) is 9.79 Å². The predicted octanol–water partition coefficient (Wildman–Crippen LogP) is 3.25. The Morgan fingerprint density at radius 2 is 2.13 bits per heavy atom. The van der Waals surface area contributed by atoms with Crippen molar-refractivity contribution in [1.29, 1.82) is 0 Å². The molecule has 160 valence electrons. The van der Waals surface area contributed by atoms with E-state index in [0.717, 1.165) is 17.9 Å². The summed E-state index contributed by atoms with van der Waals surface area (Å²) in [4.78, 5) is 23.4. The highest BCUT2D eigenvalue weighted by Gasteiger charge is 2.32. The number of thioether (sulfide) groups is 1. The van der Waals surface area contributed by atoms with Gasteiger partial charge in [-0.05, 0) is 57.3 Å². The van der Waals surface area contributed by atoms with Crippen LogP contribution in [-0.4, -0.2) is 53.8 Å². The zero-order chi connectivity index (χ0) is 21.7. The molecule has 6 nitrogen and oxygen atoms in total. The van der Waals surface area contributed by atoms with Gasteiger partial charge in [0.25, 0.3) is 0 Å². The molecule has 0 saturated heterocycles. The maximum absolute atomic E-state index is 14.6. The Kier molecular flexibility index (Phi) is 7.10. The van der Waals surface area contributed by atoms with Gasteiger partial charge in [0.15, 0.2) is 11.0 Å². The first-order valence-electron chi connectivity index (χ1n) is 9.81. The molecule has 0 saturated carbocycles. The monoisotopic (exact) mass is 430 g/mol. The average molecular weight is 431 g/mol. The van der Waals surface area contributed by atoms with Gasteiger partial charge in [-0.2, -0.15) is 0 Å². The molecule has 8 heteroatoms. The van der Waals surface area contributed by atoms with E-state index < -0.39 is 5.54 Å². The zero-order valence-corrected chi connectivity index (χ0v) is 18.3. The fourth-order valence-electron chi connectivity index (χ4n) is 3.23. The number of hydrogen-bond acceptors (Lipinski definition) is 7. The molecule has 0 bridgehead atoms. The van der Waals surface area contributed by atoms with Crippen LogP contribution in [-0.2, 0) is 12.0 Å². The summed E-state index contributed by atoms with van der Waals surface area (Å²) in [6.45, 7) is 3.21. The minimum Gasteiger partial charge on any atom is -0.491 e. The van der Waals surface area contributed by atoms with Gasteiger partial charge in [-0.25, -0.2) is 9.37 Å². The Morgan fingerprint density at radius 1 is 1.33 bits per heavy atom. The van der Waals surface area contributed by atoms with Crippen molar-refractivity contribution in [1.82, 2.24) is 9.88 Å². The number of aliphatic imine (C=N–C) groups is 1. The molecule has 1 aliphatic rings. The van der Waals surface area contributed by atoms with E-state index in [9.17, 15) is 9.18 Å². The van der Waals surface area contributed by atoms with Gasteiger partial charge in [0.1, 0.15) is 23.9 Å². The molecule has 1 aromatic carbocycles. The number of nitrogens with two attached hydrogens (primary N) is 1. The van der Waals surface area contributed by atoms with Crippen LogP contribution in [0.2, 0.25) is 0 Å². The number of carbonyl (C=O) groups is 1. The number of hydrogen-bond donors (Lipinski definition) is 1. The Hall–Kier alpha value is -2.45. The van der Waals surface area contributed by atoms with E-state index >= 15 is 0 Å². The van der Waals surface area contributed by atoms with Crippen LogP contribution in [0.4, 0.5) is 4.39 Å². The minimum absolute atomic E-state index is 0.130. The first-order chi connectivity index (χ1) is 14.3. The lowest BCUT2D eigenvalue weighted by Crippen LogP contribution is -2.29. The Bertz CT molecular complexity index is 933. The number of likely N-dealkylation sites (N-methyl/N-ethyl adjacent to an activating group) is 1. The quantitative estimate of drug-likeness (QED) is 0.648. The lowest BCUT2D eigenvalue weighted by molar-refractivity contribution is 0.0988. The van der Waals surface area contributed by atoms with E-state index in [-0.39, 0.29) is 18.0 Å². The second-order valence-corrected chi connectivity index (χ2v) is 8.88. The zero-order valence-electron chi connectivity index (χ0n) is 17.5. The highest BCUT2D eigenvalue weighted by molar-refractivity contribution is 8.13. The summed E-state index contributed by atoms with van der Waals surface area (Å²) in [5, 5.41) is 0.460. The van der Waals surface area contributed by atoms with Crippen molar-refractivity contribution < 1.29 is 13.9 Å². The number of Topliss-reactive ketones (excluding diaryl/α,β-unsaturated/α-hetero) is 1. The standard InChI is InChI=1S/C22H27FN4O2S/c1-22(8-11-30-21(24)26-22)17-12-15(4-6-18(17)23)13-20(28)19-7-5-16(14-25-19)29-10-9-27(2)3/h4-7,12,14H,8-11,13H2,1-3H3,(H2,24,26)/t22-/m0/s1. The van der Waals surface area contributed by atoms with E-state index in [2.05, 4.69) is 9.98 Å². The first kappa shape index (κ1) is 22.2. The van der Waals surface area contributed by atoms with Crippen molar-refractivity contribution in [3.05, 3.63) is 59.2 Å². The van der Waals surface area contributed by atoms with Gasteiger partial charge in [-0.15, -0.1) is 0 Å². The molecule has 0 spiro atoms. The number of benzene rings is 1. The normalized spacial score (nSPS) is 18.9. The first-order valence-corrected chi connectivity index (χ1v) is 10.8. The van der Waals surface area contributed by atoms with Crippen LogP contribution in [0.25, 0.3) is 0 Å². The van der Waals surface area contributed by atoms with Crippen LogP contribution in [0, 0.1) is 5.82 Å². The molecule has 0 radical (unpaired) electrons. The summed E-state index contributed by atoms with van der Waals surface area (Å²) >= 11 is 1.47. The van der Waals surface area contributed by atoms with Gasteiger partial charge in [-0.1, -0.05) is 17.8 Å². The number of amidine groups is 1. The third-order valence-electron chi connectivity index (χ3n) is 5.00. The van der Waals surface area contributed by atoms with Crippen molar-refractivity contribution in [2.75, 3.05) is 33.0 Å². The predicted molar refractivity (Wildman–Crippen MR) is 119 cm³/mol. The fourth-order valence-corrected chi connectivity index (χ4v) is 4.20. The molecule has 30 heavy (non-hydrogen) atoms. The molecule has 2 heterocycles. The van der Waals surface area contributed by atoms with E-state index in [1.54, 1.807) is 30.5 Å². The smallest absolute Gasteiger partial charge is 0.185 e. The topological polar surface area (TPSA) is 80.8 Å². The Morgan fingerprint density at radius 3 is 2.80 bits per heavy atom. The van der Waals surface area contributed by atoms with Crippen LogP contribution in [0.3, 0.4) is 0 Å². The van der Waals surface area contributed by atoms with E-state index in [0.29, 0.717) is 35.2 Å². The van der Waals surface area contributed by atoms with Crippen LogP contribution in [0.15, 0.2) is 41.5 Å². The summed E-state index contributed by atoms with van der Waals surface area (Å²) in [5.41, 5.74) is 6.68. The molecule has 0 aliphatic carbocycles. The summed E-state index contributed by atoms with van der Waals surface area (Å²) < 4.78 is 20.2. The molecular weight excluding hydrogens is 403 g/mol. The second kappa shape index (κ2) is 9.57. The number of carbonyl (C=O) groups excluding carboxylic acids is 1. The van der Waals surface area contributed by atoms with Crippen molar-refractivity contribution >= 4 is 22.7 Å². The third-order valence-corrected chi connectivity index (χ3v) is 5.80. The molecule has 1 aliphatic heterocycles. The third kappa shape index (κ3) is 5.58. The fraction of sp³-hybridized carbons (Fsp3) is 0.409. The number of rotatable bonds is 8. The van der Waals surface area contributed by atoms with Crippen molar-refractivity contribution in [2.45, 2.75) is 25.3 Å². The Labute approximate surface area is 180 Å². The van der Waals surface area contributed by atoms with Gasteiger partial charge in [0.05, 0.1) is 11.7 Å². The molecule has 2 aromatic rings. The van der Waals surface area contributed by atoms with Crippen molar-refractivity contribution in [3.8, 4) is 5.75 Å². The van der Waals surface area contributed by atoms with Gasteiger partial charge in [0.2, 0.25) is 0 Å². The summed E-state index contributed by atoms with van der Waals surface area (Å²) in [7, 11) is 3.94. The van der Waals surface area contributed by atoms with E-state index in [4.69, 9.17) is 10.5 Å². The van der Waals surface area contributed by atoms with E-state index in [1.807, 2.05) is 25.9 Å². The number of ketones is 1. The highest BCUT2D eigenvalue weighted by atomic mass is 32.2. The number of pyridine rings is 1. The number of aromatic nitrogens is 1. The van der Waals surface area contributed by atoms with Crippen LogP contribution in [0.5, 0.6) is 5.75 Å². The Balaban J connectivity index is 1.70.